The van der Waals surface area contributed by atoms with Gasteiger partial charge in [-0.05, 0) is 51.9 Å². The van der Waals surface area contributed by atoms with E-state index in [0.717, 1.165) is 38.5 Å². The number of aliphatic hydroxyl groups is 1. The van der Waals surface area contributed by atoms with Gasteiger partial charge in [0, 0.05) is 6.42 Å². The first-order chi connectivity index (χ1) is 11.2. The number of aliphatic hydroxyl groups excluding tert-OH is 1. The molecule has 23 heavy (non-hydrogen) atoms. The largest absolute Gasteiger partial charge is 0.389 e. The van der Waals surface area contributed by atoms with Gasteiger partial charge in [0.15, 0.2) is 0 Å². The first-order valence-electron chi connectivity index (χ1n) is 9.66. The van der Waals surface area contributed by atoms with E-state index in [2.05, 4.69) is 25.2 Å². The third-order valence-corrected chi connectivity index (χ3v) is 4.02. The second kappa shape index (κ2) is 17.5. The number of carbonyl (C=O) groups excluding carboxylic acids is 1. The zero-order valence-electron chi connectivity index (χ0n) is 15.4. The summed E-state index contributed by atoms with van der Waals surface area (Å²) in [7, 11) is 0. The monoisotopic (exact) mass is 322 g/mol. The molecule has 0 rings (SSSR count). The number of hydrogen-bond donors (Lipinski definition) is 1. The van der Waals surface area contributed by atoms with Gasteiger partial charge in [-0.2, -0.15) is 0 Å². The molecule has 0 aromatic carbocycles. The Labute approximate surface area is 144 Å². The molecule has 0 fully saturated rings. The minimum Gasteiger partial charge on any atom is -0.389 e. The van der Waals surface area contributed by atoms with E-state index in [1.807, 2.05) is 6.08 Å². The summed E-state index contributed by atoms with van der Waals surface area (Å²) in [5.74, 6) is 0.295. The molecular weight excluding hydrogens is 284 g/mol. The summed E-state index contributed by atoms with van der Waals surface area (Å²) in [6.45, 7) is 3.81. The predicted molar refractivity (Wildman–Crippen MR) is 101 cm³/mol. The summed E-state index contributed by atoms with van der Waals surface area (Å²) in [4.78, 5) is 10.8. The molecule has 2 nitrogen and oxygen atoms in total. The molecule has 0 saturated carbocycles. The van der Waals surface area contributed by atoms with Crippen molar-refractivity contribution in [3.63, 3.8) is 0 Å². The molecule has 0 amide bonds. The topological polar surface area (TPSA) is 37.3 Å². The van der Waals surface area contributed by atoms with Crippen LogP contribution in [0, 0.1) is 0 Å². The van der Waals surface area contributed by atoms with Gasteiger partial charge in [0.1, 0.15) is 5.78 Å². The average Bonchev–Trinajstić information content (AvgIpc) is 2.52. The summed E-state index contributed by atoms with van der Waals surface area (Å²) in [5, 5.41) is 9.67. The highest BCUT2D eigenvalue weighted by Gasteiger charge is 1.96. The zero-order chi connectivity index (χ0) is 17.2. The second-order valence-corrected chi connectivity index (χ2v) is 6.55. The van der Waals surface area contributed by atoms with Crippen LogP contribution >= 0.6 is 0 Å². The SMILES string of the molecule is CCCCC(O)/C=C/CCCCCCC/C=C/CCCC(C)=O. The van der Waals surface area contributed by atoms with Crippen molar-refractivity contribution >= 4 is 5.78 Å². The zero-order valence-corrected chi connectivity index (χ0v) is 15.4. The van der Waals surface area contributed by atoms with Gasteiger partial charge in [-0.1, -0.05) is 63.3 Å². The van der Waals surface area contributed by atoms with Gasteiger partial charge in [0.2, 0.25) is 0 Å². The van der Waals surface area contributed by atoms with Crippen LogP contribution in [0.1, 0.15) is 97.3 Å². The lowest BCUT2D eigenvalue weighted by atomic mass is 10.1. The fourth-order valence-electron chi connectivity index (χ4n) is 2.52. The van der Waals surface area contributed by atoms with E-state index in [-0.39, 0.29) is 6.10 Å². The molecule has 1 N–H and O–H groups in total. The third kappa shape index (κ3) is 19.1. The Morgan fingerprint density at radius 3 is 2.04 bits per heavy atom. The highest BCUT2D eigenvalue weighted by molar-refractivity contribution is 5.75. The van der Waals surface area contributed by atoms with Crippen molar-refractivity contribution in [2.75, 3.05) is 0 Å². The molecule has 0 aromatic heterocycles. The van der Waals surface area contributed by atoms with Gasteiger partial charge >= 0.3 is 0 Å². The maximum atomic E-state index is 10.8. The molecule has 0 aliphatic rings. The number of Topliss-reactive ketones (excluding diaryl/α,β-unsaturated/α-hetero) is 1. The number of rotatable bonds is 16. The molecule has 0 aliphatic carbocycles. The Balaban J connectivity index is 3.25. The van der Waals surface area contributed by atoms with Crippen LogP contribution in [0.4, 0.5) is 0 Å². The van der Waals surface area contributed by atoms with E-state index in [4.69, 9.17) is 0 Å². The van der Waals surface area contributed by atoms with Crippen molar-refractivity contribution in [1.29, 1.82) is 0 Å². The number of carbonyl (C=O) groups is 1. The van der Waals surface area contributed by atoms with Crippen LogP contribution in [0.2, 0.25) is 0 Å². The molecule has 0 spiro atoms. The molecule has 0 heterocycles. The van der Waals surface area contributed by atoms with Gasteiger partial charge in [0.25, 0.3) is 0 Å². The summed E-state index contributed by atoms with van der Waals surface area (Å²) >= 11 is 0. The van der Waals surface area contributed by atoms with Crippen LogP contribution in [0.15, 0.2) is 24.3 Å². The molecule has 1 unspecified atom stereocenters. The standard InChI is InChI=1S/C21H38O2/c1-3-4-18-21(23)19-16-14-12-10-8-6-5-7-9-11-13-15-17-20(2)22/h9,11,16,19,21,23H,3-8,10,12-15,17-18H2,1-2H3/b11-9+,19-16+. The maximum Gasteiger partial charge on any atom is 0.129 e. The Bertz CT molecular complexity index is 318. The third-order valence-electron chi connectivity index (χ3n) is 4.02. The van der Waals surface area contributed by atoms with E-state index < -0.39 is 0 Å². The van der Waals surface area contributed by atoms with Crippen molar-refractivity contribution in [3.05, 3.63) is 24.3 Å². The fraction of sp³-hybridized carbons (Fsp3) is 0.762. The Morgan fingerprint density at radius 1 is 0.870 bits per heavy atom. The number of hydrogen-bond acceptors (Lipinski definition) is 2. The molecule has 0 saturated heterocycles. The van der Waals surface area contributed by atoms with Crippen molar-refractivity contribution in [2.45, 2.75) is 103 Å². The predicted octanol–water partition coefficient (Wildman–Crippen LogP) is 6.14. The lowest BCUT2D eigenvalue weighted by Crippen LogP contribution is -2.00. The first kappa shape index (κ1) is 22.1. The Morgan fingerprint density at radius 2 is 1.43 bits per heavy atom. The molecule has 0 aromatic rings. The van der Waals surface area contributed by atoms with Crippen LogP contribution in [0.5, 0.6) is 0 Å². The van der Waals surface area contributed by atoms with Crippen LogP contribution in [-0.2, 0) is 4.79 Å². The number of ketones is 1. The molecular formula is C21H38O2. The van der Waals surface area contributed by atoms with Crippen molar-refractivity contribution < 1.29 is 9.90 Å². The van der Waals surface area contributed by atoms with Crippen LogP contribution < -0.4 is 0 Å². The summed E-state index contributed by atoms with van der Waals surface area (Å²) in [6.07, 6.45) is 22.9. The van der Waals surface area contributed by atoms with Gasteiger partial charge in [-0.25, -0.2) is 0 Å². The highest BCUT2D eigenvalue weighted by atomic mass is 16.3. The van der Waals surface area contributed by atoms with E-state index in [0.29, 0.717) is 12.2 Å². The summed E-state index contributed by atoms with van der Waals surface area (Å²) < 4.78 is 0. The van der Waals surface area contributed by atoms with E-state index >= 15 is 0 Å². The minimum absolute atomic E-state index is 0.239. The van der Waals surface area contributed by atoms with Crippen molar-refractivity contribution in [2.24, 2.45) is 0 Å². The number of allylic oxidation sites excluding steroid dienone is 3. The maximum absolute atomic E-state index is 10.8. The van der Waals surface area contributed by atoms with Crippen LogP contribution in [-0.4, -0.2) is 17.0 Å². The smallest absolute Gasteiger partial charge is 0.129 e. The molecule has 0 radical (unpaired) electrons. The van der Waals surface area contributed by atoms with Gasteiger partial charge in [-0.3, -0.25) is 0 Å². The number of unbranched alkanes of at least 4 members (excludes halogenated alkanes) is 8. The lowest BCUT2D eigenvalue weighted by molar-refractivity contribution is -0.117. The Kier molecular flexibility index (Phi) is 16.8. The van der Waals surface area contributed by atoms with E-state index in [9.17, 15) is 9.90 Å². The fourth-order valence-corrected chi connectivity index (χ4v) is 2.52. The average molecular weight is 323 g/mol. The highest BCUT2D eigenvalue weighted by Crippen LogP contribution is 2.09. The van der Waals surface area contributed by atoms with Crippen LogP contribution in [0.25, 0.3) is 0 Å². The van der Waals surface area contributed by atoms with Crippen molar-refractivity contribution in [1.82, 2.24) is 0 Å². The molecule has 1 atom stereocenters. The van der Waals surface area contributed by atoms with Gasteiger partial charge in [-0.15, -0.1) is 0 Å². The summed E-state index contributed by atoms with van der Waals surface area (Å²) in [5.41, 5.74) is 0. The van der Waals surface area contributed by atoms with Crippen molar-refractivity contribution in [3.8, 4) is 0 Å². The van der Waals surface area contributed by atoms with E-state index in [1.54, 1.807) is 6.92 Å². The molecule has 134 valence electrons. The normalized spacial score (nSPS) is 13.2. The second-order valence-electron chi connectivity index (χ2n) is 6.55. The minimum atomic E-state index is -0.239. The Hall–Kier alpha value is -0.890. The molecule has 2 heteroatoms. The van der Waals surface area contributed by atoms with Gasteiger partial charge < -0.3 is 9.90 Å². The lowest BCUT2D eigenvalue weighted by Gasteiger charge is -2.03. The molecule has 0 aliphatic heterocycles. The summed E-state index contributed by atoms with van der Waals surface area (Å²) in [6, 6.07) is 0. The quantitative estimate of drug-likeness (QED) is 0.274. The van der Waals surface area contributed by atoms with Crippen LogP contribution in [0.3, 0.4) is 0 Å². The molecule has 0 bridgehead atoms. The van der Waals surface area contributed by atoms with E-state index in [1.165, 1.54) is 38.5 Å². The first-order valence-corrected chi connectivity index (χ1v) is 9.66. The van der Waals surface area contributed by atoms with Gasteiger partial charge in [0.05, 0.1) is 6.10 Å².